The fourth-order valence-corrected chi connectivity index (χ4v) is 0.714. The van der Waals surface area contributed by atoms with Gasteiger partial charge < -0.3 is 9.84 Å². The van der Waals surface area contributed by atoms with Crippen molar-refractivity contribution in [3.05, 3.63) is 22.6 Å². The first-order valence-electron chi connectivity index (χ1n) is 5.32. The molecular formula is C7H7BrO2. The van der Waals surface area contributed by atoms with Gasteiger partial charge in [0.05, 0.1) is 15.3 Å². The van der Waals surface area contributed by atoms with Crippen LogP contribution in [0.2, 0.25) is 0 Å². The molecular weight excluding hydrogens is 196 g/mol. The highest BCUT2D eigenvalue weighted by Gasteiger charge is 1.98. The summed E-state index contributed by atoms with van der Waals surface area (Å²) >= 11 is 2.85. The maximum Gasteiger partial charge on any atom is 0.161 e. The number of phenolic OH excluding ortho intramolecular Hbond substituents is 1. The minimum atomic E-state index is -2.83. The number of ether oxygens (including phenoxy) is 1. The SMILES string of the molecule is [2H]c1c([2H])c(Br)c([2H])c(OC([2H])([2H])[2H])c1O. The Labute approximate surface area is 76.0 Å². The van der Waals surface area contributed by atoms with Crippen LogP contribution in [0.4, 0.5) is 0 Å². The Kier molecular flexibility index (Phi) is 0.800. The summed E-state index contributed by atoms with van der Waals surface area (Å²) in [6.45, 7) is 0. The molecule has 0 heterocycles. The van der Waals surface area contributed by atoms with E-state index in [1.165, 1.54) is 0 Å². The van der Waals surface area contributed by atoms with Gasteiger partial charge in [0.15, 0.2) is 11.5 Å². The van der Waals surface area contributed by atoms with Gasteiger partial charge in [0.2, 0.25) is 0 Å². The molecule has 0 amide bonds. The number of hydrogen-bond donors (Lipinski definition) is 1. The van der Waals surface area contributed by atoms with Crippen molar-refractivity contribution in [2.45, 2.75) is 0 Å². The van der Waals surface area contributed by atoms with Crippen LogP contribution in [0.1, 0.15) is 8.22 Å². The third-order valence-electron chi connectivity index (χ3n) is 0.831. The number of methoxy groups -OCH3 is 1. The Hall–Kier alpha value is -0.700. The van der Waals surface area contributed by atoms with E-state index in [1.807, 2.05) is 0 Å². The highest BCUT2D eigenvalue weighted by molar-refractivity contribution is 9.10. The van der Waals surface area contributed by atoms with Gasteiger partial charge in [-0.15, -0.1) is 0 Å². The van der Waals surface area contributed by atoms with E-state index >= 15 is 0 Å². The van der Waals surface area contributed by atoms with Gasteiger partial charge in [0.25, 0.3) is 0 Å². The molecule has 0 aliphatic carbocycles. The average molecular weight is 209 g/mol. The van der Waals surface area contributed by atoms with Gasteiger partial charge in [0, 0.05) is 4.47 Å². The zero-order valence-electron chi connectivity index (χ0n) is 10.7. The van der Waals surface area contributed by atoms with Crippen LogP contribution in [-0.4, -0.2) is 12.1 Å². The molecule has 0 bridgehead atoms. The van der Waals surface area contributed by atoms with E-state index in [0.717, 1.165) is 0 Å². The van der Waals surface area contributed by atoms with E-state index in [9.17, 15) is 5.11 Å². The number of benzene rings is 1. The fraction of sp³-hybridized carbons (Fsp3) is 0.143. The maximum atomic E-state index is 9.42. The first kappa shape index (κ1) is 2.74. The lowest BCUT2D eigenvalue weighted by molar-refractivity contribution is 0.373. The summed E-state index contributed by atoms with van der Waals surface area (Å²) in [5.74, 6) is -1.46. The van der Waals surface area contributed by atoms with Crippen LogP contribution in [0.3, 0.4) is 0 Å². The third-order valence-corrected chi connectivity index (χ3v) is 1.23. The number of phenols is 1. The normalized spacial score (nSPS) is 19.3. The Morgan fingerprint density at radius 3 is 3.30 bits per heavy atom. The highest BCUT2D eigenvalue weighted by Crippen LogP contribution is 2.28. The molecule has 54 valence electrons. The second kappa shape index (κ2) is 2.92. The summed E-state index contributed by atoms with van der Waals surface area (Å²) in [6.07, 6.45) is 0. The molecule has 0 aromatic heterocycles. The average Bonchev–Trinajstić information content (AvgIpc) is 2.17. The van der Waals surface area contributed by atoms with Crippen molar-refractivity contribution in [1.82, 2.24) is 0 Å². The van der Waals surface area contributed by atoms with Gasteiger partial charge in [-0.2, -0.15) is 0 Å². The van der Waals surface area contributed by atoms with Gasteiger partial charge in [-0.3, -0.25) is 0 Å². The Morgan fingerprint density at radius 2 is 2.60 bits per heavy atom. The van der Waals surface area contributed by atoms with Gasteiger partial charge in [0.1, 0.15) is 0 Å². The van der Waals surface area contributed by atoms with E-state index in [4.69, 9.17) is 8.22 Å². The molecule has 1 aromatic rings. The monoisotopic (exact) mass is 208 g/mol. The second-order valence-electron chi connectivity index (χ2n) is 1.47. The fourth-order valence-electron chi connectivity index (χ4n) is 0.435. The molecule has 0 aliphatic heterocycles. The van der Waals surface area contributed by atoms with Crippen LogP contribution in [0.5, 0.6) is 11.5 Å². The Bertz CT molecular complexity index is 401. The molecule has 0 spiro atoms. The molecule has 10 heavy (non-hydrogen) atoms. The molecule has 0 saturated carbocycles. The van der Waals surface area contributed by atoms with Crippen molar-refractivity contribution >= 4 is 15.9 Å². The quantitative estimate of drug-likeness (QED) is 0.767. The van der Waals surface area contributed by atoms with Gasteiger partial charge in [-0.05, 0) is 18.1 Å². The van der Waals surface area contributed by atoms with Crippen molar-refractivity contribution < 1.29 is 18.1 Å². The van der Waals surface area contributed by atoms with E-state index in [2.05, 4.69) is 20.7 Å². The lowest BCUT2D eigenvalue weighted by atomic mass is 10.3. The van der Waals surface area contributed by atoms with Gasteiger partial charge in [-0.25, -0.2) is 0 Å². The van der Waals surface area contributed by atoms with Crippen molar-refractivity contribution in [2.24, 2.45) is 0 Å². The topological polar surface area (TPSA) is 29.5 Å². The minimum absolute atomic E-state index is 0.102. The lowest BCUT2D eigenvalue weighted by Crippen LogP contribution is -1.82. The molecule has 0 radical (unpaired) electrons. The second-order valence-corrected chi connectivity index (χ2v) is 2.26. The van der Waals surface area contributed by atoms with Gasteiger partial charge >= 0.3 is 0 Å². The minimum Gasteiger partial charge on any atom is -0.504 e. The predicted molar refractivity (Wildman–Crippen MR) is 42.4 cm³/mol. The number of hydrogen-bond acceptors (Lipinski definition) is 2. The molecule has 1 rings (SSSR count). The van der Waals surface area contributed by atoms with Crippen LogP contribution >= 0.6 is 15.9 Å². The molecule has 0 saturated heterocycles. The standard InChI is InChI=1S/C7H7BrO2/c1-10-7-4-5(8)2-3-6(7)9/h2-4,9H,1H3/i1D3,2D,3D,4D. The number of halogens is 1. The van der Waals surface area contributed by atoms with E-state index < -0.39 is 36.7 Å². The molecule has 1 aromatic carbocycles. The first-order valence-corrected chi connectivity index (χ1v) is 3.11. The predicted octanol–water partition coefficient (Wildman–Crippen LogP) is 2.16. The zero-order valence-corrected chi connectivity index (χ0v) is 6.32. The molecule has 0 fully saturated rings. The van der Waals surface area contributed by atoms with Crippen LogP contribution in [0, 0.1) is 0 Å². The molecule has 2 nitrogen and oxygen atoms in total. The van der Waals surface area contributed by atoms with E-state index in [-0.39, 0.29) is 4.47 Å². The van der Waals surface area contributed by atoms with Crippen molar-refractivity contribution in [3.8, 4) is 11.5 Å². The van der Waals surface area contributed by atoms with Crippen molar-refractivity contribution in [2.75, 3.05) is 7.04 Å². The van der Waals surface area contributed by atoms with Crippen molar-refractivity contribution in [3.63, 3.8) is 0 Å². The lowest BCUT2D eigenvalue weighted by Gasteiger charge is -2.01. The number of aromatic hydroxyl groups is 1. The van der Waals surface area contributed by atoms with Gasteiger partial charge in [-0.1, -0.05) is 15.9 Å². The molecule has 0 atom stereocenters. The highest BCUT2D eigenvalue weighted by atomic mass is 79.9. The molecule has 3 heteroatoms. The van der Waals surface area contributed by atoms with Crippen LogP contribution in [0.25, 0.3) is 0 Å². The third kappa shape index (κ3) is 1.42. The summed E-state index contributed by atoms with van der Waals surface area (Å²) in [5.41, 5.74) is 0. The maximum absolute atomic E-state index is 9.42. The Morgan fingerprint density at radius 1 is 1.80 bits per heavy atom. The largest absolute Gasteiger partial charge is 0.504 e. The summed E-state index contributed by atoms with van der Waals surface area (Å²) in [4.78, 5) is 0. The zero-order chi connectivity index (χ0) is 12.7. The molecule has 0 aliphatic rings. The summed E-state index contributed by atoms with van der Waals surface area (Å²) in [5, 5.41) is 9.42. The molecule has 0 unspecified atom stereocenters. The smallest absolute Gasteiger partial charge is 0.161 e. The molecule has 1 N–H and O–H groups in total. The van der Waals surface area contributed by atoms with Crippen LogP contribution in [-0.2, 0) is 0 Å². The summed E-state index contributed by atoms with van der Waals surface area (Å²) < 4.78 is 47.0. The summed E-state index contributed by atoms with van der Waals surface area (Å²) in [6, 6.07) is -1.47. The first-order chi connectivity index (χ1) is 7.15. The summed E-state index contributed by atoms with van der Waals surface area (Å²) in [7, 11) is -2.83. The van der Waals surface area contributed by atoms with Crippen LogP contribution < -0.4 is 4.74 Å². The van der Waals surface area contributed by atoms with E-state index in [0.29, 0.717) is 0 Å². The number of rotatable bonds is 1. The van der Waals surface area contributed by atoms with Crippen LogP contribution in [0.15, 0.2) is 22.6 Å². The van der Waals surface area contributed by atoms with Crippen molar-refractivity contribution in [1.29, 1.82) is 0 Å². The van der Waals surface area contributed by atoms with E-state index in [1.54, 1.807) is 0 Å². The Balaban J connectivity index is 3.40.